The summed E-state index contributed by atoms with van der Waals surface area (Å²) in [6.07, 6.45) is 13.1. The Balaban J connectivity index is 0.000000780. The lowest BCUT2D eigenvalue weighted by atomic mass is 9.90. The van der Waals surface area contributed by atoms with Crippen LogP contribution >= 0.6 is 45.3 Å². The third kappa shape index (κ3) is 51.1. The van der Waals surface area contributed by atoms with Crippen molar-refractivity contribution in [2.45, 2.75) is 373 Å². The molecule has 0 aliphatic carbocycles. The highest BCUT2D eigenvalue weighted by Gasteiger charge is 2.19. The number of aromatic nitrogens is 8. The molecule has 12 aromatic rings. The first-order chi connectivity index (χ1) is 67.8. The summed E-state index contributed by atoms with van der Waals surface area (Å²) in [4.78, 5) is 39.8. The fraction of sp³-hybridized carbons (Fsp3) is 0.529. The molecular formula is C119H194N20S4. The summed E-state index contributed by atoms with van der Waals surface area (Å²) in [6, 6.07) is 50.9. The van der Waals surface area contributed by atoms with Crippen molar-refractivity contribution in [3.05, 3.63) is 324 Å². The monoisotopic (exact) mass is 2030 g/mol. The molecule has 24 heteroatoms. The van der Waals surface area contributed by atoms with Crippen molar-refractivity contribution >= 4 is 45.3 Å². The van der Waals surface area contributed by atoms with E-state index in [-0.39, 0.29) is 18.1 Å². The number of pyridine rings is 4. The first-order valence-corrected chi connectivity index (χ1v) is 55.7. The van der Waals surface area contributed by atoms with Gasteiger partial charge in [-0.15, -0.1) is 45.3 Å². The molecule has 0 aliphatic rings. The molecule has 6 atom stereocenters. The summed E-state index contributed by atoms with van der Waals surface area (Å²) in [5.74, 6) is 7.68. The van der Waals surface area contributed by atoms with Gasteiger partial charge in [-0.25, -0.2) is 19.9 Å². The molecule has 12 rings (SSSR count). The predicted octanol–water partition coefficient (Wildman–Crippen LogP) is 25.9. The van der Waals surface area contributed by atoms with Gasteiger partial charge in [-0.1, -0.05) is 308 Å². The van der Waals surface area contributed by atoms with Gasteiger partial charge in [-0.3, -0.25) is 19.9 Å². The summed E-state index contributed by atoms with van der Waals surface area (Å²) < 4.78 is 0. The number of nitrogens with two attached hydrogens (primary N) is 12. The van der Waals surface area contributed by atoms with Gasteiger partial charge in [-0.2, -0.15) is 0 Å². The van der Waals surface area contributed by atoms with E-state index in [4.69, 9.17) is 68.8 Å². The van der Waals surface area contributed by atoms with Gasteiger partial charge in [-0.05, 0) is 272 Å². The van der Waals surface area contributed by atoms with Gasteiger partial charge in [0.05, 0.1) is 44.8 Å². The zero-order valence-corrected chi connectivity index (χ0v) is 96.9. The standard InChI is InChI=1S/2C12H19N.2C11H18N2.C11H17N.C10H16N2.C10H15N.2C9H16N2S.C9H14N2.C8H14N2S.C7H12N2S/c1-9(2)11-6-4-5-7-12(11)10(3)8-13;1-9(2)12-7-5-4-6-11(12)8-10(3)13;1-8(2)11-10(9(3)7-12)5-4-6-13-11;1-8(2)11-10(7-9(3)12)5-4-6-13-11;1-9(2)11-6-4-3-5-10(11)7-8-12;1-8(2)10-9(5-6-11)4-3-7-12-10;1-8(2)10-6-4-3-5-9(10)7-11;1-6(2)8-9(7(3)4-10)12-5-11-8;1-6(2)9-8(4-7(3)10)12-5-11-9;1-7(2)9-8(6-10)4-3-5-11-9;1-6(2)8-7(3-4-9)11-5-10-8;1-5(2)7-6(3-8)10-4-9-7/h2*4-7,9-10H,8,13H2,1-3H3;2*4-6,8-9H,7,12H2,1-3H3;3-6,9H,7-8,12H2,1-2H3;3-4,7-8H,5-6,11H2,1-2H3;3-6,8H,7,11H2,1-2H3;2*5-7H,4,10H2,1-3H3;3-5,7H,6,10H2,1-2H3;5-6H,3-4,9H2,1-2H3;4-5H,3,8H2,1-2H3. The number of nitrogens with zero attached hydrogens (tertiary/aromatic N) is 8. The van der Waals surface area contributed by atoms with Gasteiger partial charge >= 0.3 is 0 Å². The molecule has 0 amide bonds. The highest BCUT2D eigenvalue weighted by Crippen LogP contribution is 2.32. The number of thiazole rings is 4. The Hall–Kier alpha value is -8.48. The largest absolute Gasteiger partial charge is 0.330 e. The van der Waals surface area contributed by atoms with Crippen LogP contribution in [0.2, 0.25) is 0 Å². The second kappa shape index (κ2) is 75.3. The van der Waals surface area contributed by atoms with E-state index in [0.29, 0.717) is 128 Å². The van der Waals surface area contributed by atoms with Gasteiger partial charge in [0.1, 0.15) is 0 Å². The van der Waals surface area contributed by atoms with Crippen molar-refractivity contribution in [2.24, 2.45) is 68.8 Å². The summed E-state index contributed by atoms with van der Waals surface area (Å²) in [5, 5.41) is 0. The Labute approximate surface area is 884 Å². The highest BCUT2D eigenvalue weighted by molar-refractivity contribution is 7.10. The third-order valence-corrected chi connectivity index (χ3v) is 27.0. The van der Waals surface area contributed by atoms with Crippen LogP contribution in [-0.4, -0.2) is 97.3 Å². The van der Waals surface area contributed by atoms with Crippen molar-refractivity contribution in [1.29, 1.82) is 0 Å². The van der Waals surface area contributed by atoms with Crippen LogP contribution in [0.25, 0.3) is 0 Å². The lowest BCUT2D eigenvalue weighted by Gasteiger charge is -2.16. The Morgan fingerprint density at radius 2 is 0.497 bits per heavy atom. The van der Waals surface area contributed by atoms with E-state index in [9.17, 15) is 0 Å². The molecule has 8 aromatic heterocycles. The molecule has 8 heterocycles. The predicted molar refractivity (Wildman–Crippen MR) is 627 cm³/mol. The molecule has 0 spiro atoms. The first-order valence-electron chi connectivity index (χ1n) is 52.2. The van der Waals surface area contributed by atoms with Gasteiger partial charge in [0.25, 0.3) is 0 Å². The molecule has 6 unspecified atom stereocenters. The minimum Gasteiger partial charge on any atom is -0.330 e. The Morgan fingerprint density at radius 3 is 0.881 bits per heavy atom. The maximum atomic E-state index is 5.79. The quantitative estimate of drug-likeness (QED) is 0.0182. The highest BCUT2D eigenvalue weighted by atomic mass is 32.1. The molecule has 24 N–H and O–H groups in total. The summed E-state index contributed by atoms with van der Waals surface area (Å²) in [7, 11) is 0. The van der Waals surface area contributed by atoms with Gasteiger partial charge < -0.3 is 68.8 Å². The van der Waals surface area contributed by atoms with Crippen LogP contribution in [0.1, 0.15) is 428 Å². The molecule has 0 fully saturated rings. The fourth-order valence-electron chi connectivity index (χ4n) is 15.8. The molecular weight excluding hydrogens is 1840 g/mol. The van der Waals surface area contributed by atoms with E-state index in [1.165, 1.54) is 115 Å². The normalized spacial score (nSPS) is 12.2. The third-order valence-electron chi connectivity index (χ3n) is 23.3. The van der Waals surface area contributed by atoms with Crippen molar-refractivity contribution < 1.29 is 0 Å². The Kier molecular flexibility index (Phi) is 69.7. The maximum absolute atomic E-state index is 5.79. The maximum Gasteiger partial charge on any atom is 0.0798 e. The van der Waals surface area contributed by atoms with E-state index in [1.807, 2.05) is 97.1 Å². The Morgan fingerprint density at radius 1 is 0.210 bits per heavy atom. The first kappa shape index (κ1) is 133. The molecule has 143 heavy (non-hydrogen) atoms. The molecule has 0 saturated carbocycles. The topological polar surface area (TPSA) is 415 Å². The molecule has 4 aromatic carbocycles. The SMILES string of the molecule is CC(C)c1ccccc1C(C)CN.CC(C)c1ccccc1CCN.CC(C)c1ccccc1CN.CC(C)c1ncccc1C(C)CN.CC(C)c1ncccc1CCN.CC(C)c1ncccc1CN.CC(C)c1ncsc1C(C)CN.CC(C)c1ncsc1CCN.CC(C)c1ncsc1CN.CC(N)Cc1ccccc1C(C)C.CC(N)Cc1cccnc1C(C)C.CC(N)Cc1scnc1C(C)C. The molecule has 794 valence electrons. The smallest absolute Gasteiger partial charge is 0.0798 e. The number of hydrogen-bond donors (Lipinski definition) is 12. The molecule has 0 saturated heterocycles. The van der Waals surface area contributed by atoms with E-state index >= 15 is 0 Å². The van der Waals surface area contributed by atoms with Gasteiger partial charge in [0.15, 0.2) is 0 Å². The zero-order valence-electron chi connectivity index (χ0n) is 93.6. The van der Waals surface area contributed by atoms with Crippen LogP contribution in [0.15, 0.2) is 192 Å². The minimum absolute atomic E-state index is 0.210. The number of rotatable bonds is 33. The zero-order chi connectivity index (χ0) is 108. The van der Waals surface area contributed by atoms with Crippen LogP contribution < -0.4 is 68.8 Å². The lowest BCUT2D eigenvalue weighted by molar-refractivity contribution is 0.709. The van der Waals surface area contributed by atoms with E-state index in [1.54, 1.807) is 45.3 Å². The van der Waals surface area contributed by atoms with Crippen LogP contribution in [-0.2, 0) is 58.2 Å². The lowest BCUT2D eigenvalue weighted by Crippen LogP contribution is -2.19. The minimum atomic E-state index is 0.210. The summed E-state index contributed by atoms with van der Waals surface area (Å²) in [5.41, 5.74) is 101. The molecule has 0 radical (unpaired) electrons. The Bertz CT molecular complexity index is 4990. The van der Waals surface area contributed by atoms with Crippen LogP contribution in [0.4, 0.5) is 0 Å². The van der Waals surface area contributed by atoms with Crippen molar-refractivity contribution in [2.75, 3.05) is 39.3 Å². The van der Waals surface area contributed by atoms with Crippen LogP contribution in [0.5, 0.6) is 0 Å². The fourth-order valence-corrected chi connectivity index (χ4v) is 19.6. The molecule has 20 nitrogen and oxygen atoms in total. The van der Waals surface area contributed by atoms with E-state index in [0.717, 1.165) is 75.1 Å². The van der Waals surface area contributed by atoms with Crippen molar-refractivity contribution in [3.8, 4) is 0 Å². The summed E-state index contributed by atoms with van der Waals surface area (Å²) >= 11 is 6.79. The van der Waals surface area contributed by atoms with E-state index in [2.05, 4.69) is 343 Å². The van der Waals surface area contributed by atoms with E-state index < -0.39 is 0 Å². The molecule has 0 aliphatic heterocycles. The van der Waals surface area contributed by atoms with Gasteiger partial charge in [0, 0.05) is 111 Å². The van der Waals surface area contributed by atoms with Crippen LogP contribution in [0.3, 0.4) is 0 Å². The summed E-state index contributed by atoms with van der Waals surface area (Å²) in [6.45, 7) is 70.9. The number of benzene rings is 4. The second-order valence-corrected chi connectivity index (χ2v) is 44.2. The average molecular weight is 2030 g/mol. The molecule has 0 bridgehead atoms. The second-order valence-electron chi connectivity index (χ2n) is 40.5. The van der Waals surface area contributed by atoms with Crippen molar-refractivity contribution in [1.82, 2.24) is 39.9 Å². The van der Waals surface area contributed by atoms with Crippen LogP contribution in [0, 0.1) is 0 Å². The average Bonchev–Trinajstić information content (AvgIpc) is 1.76. The van der Waals surface area contributed by atoms with Crippen molar-refractivity contribution in [3.63, 3.8) is 0 Å². The number of hydrogen-bond acceptors (Lipinski definition) is 24. The van der Waals surface area contributed by atoms with Gasteiger partial charge in [0.2, 0.25) is 0 Å².